The molecule has 0 spiro atoms. The number of rotatable bonds is 4. The Kier molecular flexibility index (Phi) is 4.09. The summed E-state index contributed by atoms with van der Waals surface area (Å²) in [7, 11) is 0. The van der Waals surface area contributed by atoms with E-state index >= 15 is 0 Å². The number of ether oxygens (including phenoxy) is 1. The average molecular weight is 205 g/mol. The molecule has 1 aromatic rings. The monoisotopic (exact) mass is 205 g/mol. The van der Waals surface area contributed by atoms with Gasteiger partial charge in [0.1, 0.15) is 12.9 Å². The van der Waals surface area contributed by atoms with Gasteiger partial charge in [-0.05, 0) is 12.1 Å². The summed E-state index contributed by atoms with van der Waals surface area (Å²) in [6, 6.07) is 6.55. The molecule has 78 valence electrons. The molecule has 0 atom stereocenters. The van der Waals surface area contributed by atoms with Crippen molar-refractivity contribution in [2.24, 2.45) is 0 Å². The van der Waals surface area contributed by atoms with E-state index in [1.54, 1.807) is 24.3 Å². The lowest BCUT2D eigenvalue weighted by atomic mass is 10.2. The summed E-state index contributed by atoms with van der Waals surface area (Å²) in [5.74, 6) is 0. The summed E-state index contributed by atoms with van der Waals surface area (Å²) in [5.41, 5.74) is 1.02. The van der Waals surface area contributed by atoms with Gasteiger partial charge in [-0.25, -0.2) is 4.79 Å². The Morgan fingerprint density at radius 3 is 3.00 bits per heavy atom. The maximum absolute atomic E-state index is 11.1. The van der Waals surface area contributed by atoms with Crippen LogP contribution in [0, 0.1) is 0 Å². The van der Waals surface area contributed by atoms with Gasteiger partial charge in [-0.15, -0.1) is 0 Å². The zero-order valence-corrected chi connectivity index (χ0v) is 8.10. The average Bonchev–Trinajstić information content (AvgIpc) is 2.26. The standard InChI is InChI=1S/C11H11NO3/c1-2-6-15-11(14)12-10-5-3-4-9(7-10)8-13/h2-5,7-8H,1,6H2,(H,12,14). The fourth-order valence-corrected chi connectivity index (χ4v) is 0.978. The maximum atomic E-state index is 11.1. The van der Waals surface area contributed by atoms with Crippen molar-refractivity contribution in [1.29, 1.82) is 0 Å². The third-order valence-corrected chi connectivity index (χ3v) is 1.60. The lowest BCUT2D eigenvalue weighted by molar-refractivity contribution is 0.112. The van der Waals surface area contributed by atoms with Crippen LogP contribution in [0.2, 0.25) is 0 Å². The fourth-order valence-electron chi connectivity index (χ4n) is 0.978. The van der Waals surface area contributed by atoms with Crippen LogP contribution in [0.15, 0.2) is 36.9 Å². The van der Waals surface area contributed by atoms with Crippen LogP contribution >= 0.6 is 0 Å². The Balaban J connectivity index is 2.59. The van der Waals surface area contributed by atoms with Gasteiger partial charge in [0.2, 0.25) is 0 Å². The largest absolute Gasteiger partial charge is 0.445 e. The molecule has 0 aliphatic heterocycles. The highest BCUT2D eigenvalue weighted by atomic mass is 16.5. The Morgan fingerprint density at radius 2 is 2.33 bits per heavy atom. The molecule has 1 N–H and O–H groups in total. The van der Waals surface area contributed by atoms with Gasteiger partial charge in [0.25, 0.3) is 0 Å². The number of hydrogen-bond donors (Lipinski definition) is 1. The molecule has 1 aromatic carbocycles. The number of nitrogens with one attached hydrogen (secondary N) is 1. The maximum Gasteiger partial charge on any atom is 0.411 e. The third kappa shape index (κ3) is 3.64. The second-order valence-corrected chi connectivity index (χ2v) is 2.76. The molecule has 4 heteroatoms. The highest BCUT2D eigenvalue weighted by Gasteiger charge is 2.01. The first-order valence-corrected chi connectivity index (χ1v) is 4.36. The molecule has 0 unspecified atom stereocenters. The van der Waals surface area contributed by atoms with E-state index in [-0.39, 0.29) is 6.61 Å². The number of amides is 1. The predicted octanol–water partition coefficient (Wildman–Crippen LogP) is 2.23. The first kappa shape index (κ1) is 11.0. The number of aldehydes is 1. The second-order valence-electron chi connectivity index (χ2n) is 2.76. The van der Waals surface area contributed by atoms with Gasteiger partial charge >= 0.3 is 6.09 Å². The molecule has 0 aromatic heterocycles. The van der Waals surface area contributed by atoms with Crippen LogP contribution in [0.5, 0.6) is 0 Å². The highest BCUT2D eigenvalue weighted by molar-refractivity contribution is 5.86. The van der Waals surface area contributed by atoms with Gasteiger partial charge in [-0.1, -0.05) is 24.8 Å². The molecular weight excluding hydrogens is 194 g/mol. The zero-order valence-electron chi connectivity index (χ0n) is 8.10. The van der Waals surface area contributed by atoms with E-state index in [1.807, 2.05) is 0 Å². The lowest BCUT2D eigenvalue weighted by Crippen LogP contribution is -2.13. The molecule has 0 aliphatic carbocycles. The van der Waals surface area contributed by atoms with Crippen LogP contribution in [0.3, 0.4) is 0 Å². The van der Waals surface area contributed by atoms with Crippen LogP contribution < -0.4 is 5.32 Å². The van der Waals surface area contributed by atoms with Gasteiger partial charge in [0.05, 0.1) is 0 Å². The van der Waals surface area contributed by atoms with Gasteiger partial charge < -0.3 is 4.74 Å². The Labute approximate surface area is 87.6 Å². The summed E-state index contributed by atoms with van der Waals surface area (Å²) < 4.78 is 4.71. The summed E-state index contributed by atoms with van der Waals surface area (Å²) in [6.45, 7) is 3.57. The predicted molar refractivity (Wildman–Crippen MR) is 57.0 cm³/mol. The molecule has 0 fully saturated rings. The van der Waals surface area contributed by atoms with E-state index in [0.717, 1.165) is 0 Å². The van der Waals surface area contributed by atoms with E-state index in [0.29, 0.717) is 17.5 Å². The Bertz CT molecular complexity index is 374. The van der Waals surface area contributed by atoms with Crippen LogP contribution in [0.25, 0.3) is 0 Å². The molecule has 0 heterocycles. The molecule has 4 nitrogen and oxygen atoms in total. The van der Waals surface area contributed by atoms with Crippen molar-refractivity contribution < 1.29 is 14.3 Å². The van der Waals surface area contributed by atoms with E-state index in [4.69, 9.17) is 4.74 Å². The van der Waals surface area contributed by atoms with Crippen LogP contribution in [0.4, 0.5) is 10.5 Å². The van der Waals surface area contributed by atoms with Gasteiger partial charge in [0, 0.05) is 11.3 Å². The van der Waals surface area contributed by atoms with E-state index in [9.17, 15) is 9.59 Å². The van der Waals surface area contributed by atoms with Crippen molar-refractivity contribution >= 4 is 18.1 Å². The quantitative estimate of drug-likeness (QED) is 0.605. The summed E-state index contributed by atoms with van der Waals surface area (Å²) >= 11 is 0. The number of anilines is 1. The third-order valence-electron chi connectivity index (χ3n) is 1.60. The lowest BCUT2D eigenvalue weighted by Gasteiger charge is -2.05. The van der Waals surface area contributed by atoms with Gasteiger partial charge in [-0.2, -0.15) is 0 Å². The van der Waals surface area contributed by atoms with Crippen molar-refractivity contribution in [2.75, 3.05) is 11.9 Å². The van der Waals surface area contributed by atoms with Crippen molar-refractivity contribution in [2.45, 2.75) is 0 Å². The first-order valence-electron chi connectivity index (χ1n) is 4.36. The molecular formula is C11H11NO3. The van der Waals surface area contributed by atoms with Crippen molar-refractivity contribution in [3.05, 3.63) is 42.5 Å². The molecule has 1 rings (SSSR count). The summed E-state index contributed by atoms with van der Waals surface area (Å²) in [4.78, 5) is 21.6. The minimum atomic E-state index is -0.571. The van der Waals surface area contributed by atoms with Gasteiger partial charge in [0.15, 0.2) is 0 Å². The zero-order chi connectivity index (χ0) is 11.1. The number of hydrogen-bond acceptors (Lipinski definition) is 3. The molecule has 0 saturated heterocycles. The molecule has 0 radical (unpaired) electrons. The minimum absolute atomic E-state index is 0.152. The first-order chi connectivity index (χ1) is 7.26. The SMILES string of the molecule is C=CCOC(=O)Nc1cccc(C=O)c1. The highest BCUT2D eigenvalue weighted by Crippen LogP contribution is 2.09. The number of benzene rings is 1. The second kappa shape index (κ2) is 5.59. The smallest absolute Gasteiger partial charge is 0.411 e. The Morgan fingerprint density at radius 1 is 1.53 bits per heavy atom. The van der Waals surface area contributed by atoms with Crippen molar-refractivity contribution in [3.8, 4) is 0 Å². The van der Waals surface area contributed by atoms with Crippen molar-refractivity contribution in [3.63, 3.8) is 0 Å². The minimum Gasteiger partial charge on any atom is -0.445 e. The molecule has 15 heavy (non-hydrogen) atoms. The summed E-state index contributed by atoms with van der Waals surface area (Å²) in [5, 5.41) is 2.48. The summed E-state index contributed by atoms with van der Waals surface area (Å²) in [6.07, 6.45) is 1.61. The number of carbonyl (C=O) groups excluding carboxylic acids is 2. The van der Waals surface area contributed by atoms with Crippen molar-refractivity contribution in [1.82, 2.24) is 0 Å². The van der Waals surface area contributed by atoms with E-state index in [2.05, 4.69) is 11.9 Å². The molecule has 0 aliphatic rings. The number of carbonyl (C=O) groups is 2. The molecule has 1 amide bonds. The topological polar surface area (TPSA) is 55.4 Å². The normalized spacial score (nSPS) is 9.07. The van der Waals surface area contributed by atoms with E-state index in [1.165, 1.54) is 6.08 Å². The van der Waals surface area contributed by atoms with Crippen LogP contribution in [-0.2, 0) is 4.74 Å². The Hall–Kier alpha value is -2.10. The van der Waals surface area contributed by atoms with Gasteiger partial charge in [-0.3, -0.25) is 10.1 Å². The van der Waals surface area contributed by atoms with Crippen LogP contribution in [-0.4, -0.2) is 19.0 Å². The fraction of sp³-hybridized carbons (Fsp3) is 0.0909. The molecule has 0 saturated carbocycles. The molecule has 0 bridgehead atoms. The van der Waals surface area contributed by atoms with Crippen LogP contribution in [0.1, 0.15) is 10.4 Å². The van der Waals surface area contributed by atoms with E-state index < -0.39 is 6.09 Å².